The maximum absolute atomic E-state index is 6.10. The molecule has 0 spiro atoms. The largest absolute Gasteiger partial charge is 0.491 e. The van der Waals surface area contributed by atoms with Gasteiger partial charge in [0.05, 0.1) is 4.83 Å². The Morgan fingerprint density at radius 1 is 1.44 bits per heavy atom. The first kappa shape index (κ1) is 13.8. The molecule has 1 rings (SSSR count). The van der Waals surface area contributed by atoms with E-state index in [1.54, 1.807) is 0 Å². The van der Waals surface area contributed by atoms with Crippen molar-refractivity contribution in [2.24, 2.45) is 0 Å². The maximum atomic E-state index is 6.10. The van der Waals surface area contributed by atoms with Crippen molar-refractivity contribution in [2.75, 3.05) is 0 Å². The molecule has 0 heterocycles. The normalized spacial score (nSPS) is 17.7. The molecule has 1 aliphatic carbocycles. The highest BCUT2D eigenvalue weighted by molar-refractivity contribution is 9.09. The molecule has 1 saturated carbocycles. The Kier molecular flexibility index (Phi) is 4.66. The fourth-order valence-electron chi connectivity index (χ4n) is 1.60. The van der Waals surface area contributed by atoms with Gasteiger partial charge in [0.15, 0.2) is 0 Å². The van der Waals surface area contributed by atoms with Gasteiger partial charge in [-0.25, -0.2) is 0 Å². The number of hydrogen-bond acceptors (Lipinski definition) is 1. The highest BCUT2D eigenvalue weighted by Crippen LogP contribution is 2.37. The van der Waals surface area contributed by atoms with E-state index < -0.39 is 0 Å². The van der Waals surface area contributed by atoms with Gasteiger partial charge in [-0.1, -0.05) is 35.0 Å². The van der Waals surface area contributed by atoms with Crippen LogP contribution in [0.15, 0.2) is 23.5 Å². The Bertz CT molecular complexity index is 290. The molecule has 0 aromatic heterocycles. The van der Waals surface area contributed by atoms with Gasteiger partial charge in [0.25, 0.3) is 0 Å². The lowest BCUT2D eigenvalue weighted by atomic mass is 9.89. The summed E-state index contributed by atoms with van der Waals surface area (Å²) in [6.07, 6.45) is 4.65. The molecule has 2 heteroatoms. The monoisotopic (exact) mass is 286 g/mol. The molecule has 0 radical (unpaired) electrons. The molecule has 0 bridgehead atoms. The van der Waals surface area contributed by atoms with Crippen LogP contribution in [0, 0.1) is 0 Å². The van der Waals surface area contributed by atoms with Gasteiger partial charge < -0.3 is 4.74 Å². The number of hydrogen-bond donors (Lipinski definition) is 0. The molecule has 1 nitrogen and oxygen atoms in total. The van der Waals surface area contributed by atoms with Crippen LogP contribution in [0.2, 0.25) is 0 Å². The molecule has 1 atom stereocenters. The van der Waals surface area contributed by atoms with E-state index in [9.17, 15) is 0 Å². The Balaban J connectivity index is 2.85. The molecule has 0 aliphatic heterocycles. The minimum atomic E-state index is -0.127. The van der Waals surface area contributed by atoms with Crippen molar-refractivity contribution >= 4 is 15.9 Å². The van der Waals surface area contributed by atoms with E-state index in [1.807, 2.05) is 0 Å². The van der Waals surface area contributed by atoms with E-state index in [0.717, 1.165) is 12.2 Å². The first-order chi connectivity index (χ1) is 7.35. The lowest BCUT2D eigenvalue weighted by molar-refractivity contribution is 0.0463. The van der Waals surface area contributed by atoms with Crippen LogP contribution >= 0.6 is 15.9 Å². The summed E-state index contributed by atoms with van der Waals surface area (Å²) in [7, 11) is 0. The molecular weight excluding hydrogens is 264 g/mol. The van der Waals surface area contributed by atoms with E-state index in [2.05, 4.69) is 50.2 Å². The fourth-order valence-corrected chi connectivity index (χ4v) is 2.34. The molecule has 0 saturated heterocycles. The van der Waals surface area contributed by atoms with Gasteiger partial charge in [-0.2, -0.15) is 0 Å². The van der Waals surface area contributed by atoms with Crippen LogP contribution in [-0.4, -0.2) is 10.4 Å². The third kappa shape index (κ3) is 3.65. The number of allylic oxidation sites excluding steroid dienone is 2. The van der Waals surface area contributed by atoms with Crippen molar-refractivity contribution in [3.63, 3.8) is 0 Å². The van der Waals surface area contributed by atoms with Crippen molar-refractivity contribution in [2.45, 2.75) is 63.8 Å². The molecule has 0 N–H and O–H groups in total. The van der Waals surface area contributed by atoms with Crippen molar-refractivity contribution < 1.29 is 4.74 Å². The van der Waals surface area contributed by atoms with Crippen LogP contribution in [0.3, 0.4) is 0 Å². The van der Waals surface area contributed by atoms with Gasteiger partial charge in [-0.05, 0) is 52.0 Å². The maximum Gasteiger partial charge on any atom is 0.114 e. The van der Waals surface area contributed by atoms with E-state index >= 15 is 0 Å². The van der Waals surface area contributed by atoms with Gasteiger partial charge in [0.1, 0.15) is 11.4 Å². The molecular formula is C14H23BrO. The van der Waals surface area contributed by atoms with E-state index in [-0.39, 0.29) is 10.4 Å². The zero-order valence-corrected chi connectivity index (χ0v) is 12.5. The van der Waals surface area contributed by atoms with Gasteiger partial charge in [0.2, 0.25) is 0 Å². The number of ether oxygens (including phenoxy) is 1. The topological polar surface area (TPSA) is 9.23 Å². The zero-order chi connectivity index (χ0) is 12.3. The molecule has 0 aromatic rings. The summed E-state index contributed by atoms with van der Waals surface area (Å²) in [5, 5.41) is 0. The SMILES string of the molecule is C=C(CC)C(Br)C(OC(C)(C)C)=C1CCC1. The Hall–Kier alpha value is -0.240. The van der Waals surface area contributed by atoms with Crippen LogP contribution in [0.4, 0.5) is 0 Å². The number of alkyl halides is 1. The average Bonchev–Trinajstić information content (AvgIpc) is 2.09. The smallest absolute Gasteiger partial charge is 0.114 e. The van der Waals surface area contributed by atoms with E-state index in [4.69, 9.17) is 4.74 Å². The minimum Gasteiger partial charge on any atom is -0.491 e. The lowest BCUT2D eigenvalue weighted by Crippen LogP contribution is -2.25. The van der Waals surface area contributed by atoms with Crippen molar-refractivity contribution in [3.8, 4) is 0 Å². The lowest BCUT2D eigenvalue weighted by Gasteiger charge is -2.32. The predicted molar refractivity (Wildman–Crippen MR) is 73.9 cm³/mol. The molecule has 0 aromatic carbocycles. The second-order valence-corrected chi connectivity index (χ2v) is 6.33. The van der Waals surface area contributed by atoms with E-state index in [1.165, 1.54) is 30.4 Å². The fraction of sp³-hybridized carbons (Fsp3) is 0.714. The van der Waals surface area contributed by atoms with Gasteiger partial charge in [0, 0.05) is 0 Å². The summed E-state index contributed by atoms with van der Waals surface area (Å²) in [6.45, 7) is 12.5. The zero-order valence-electron chi connectivity index (χ0n) is 10.9. The van der Waals surface area contributed by atoms with Gasteiger partial charge in [-0.15, -0.1) is 0 Å². The first-order valence-electron chi connectivity index (χ1n) is 6.08. The quantitative estimate of drug-likeness (QED) is 0.403. The summed E-state index contributed by atoms with van der Waals surface area (Å²) in [4.78, 5) is 0.187. The van der Waals surface area contributed by atoms with Crippen molar-refractivity contribution in [1.29, 1.82) is 0 Å². The molecule has 16 heavy (non-hydrogen) atoms. The summed E-state index contributed by atoms with van der Waals surface area (Å²) in [5.74, 6) is 1.12. The summed E-state index contributed by atoms with van der Waals surface area (Å²) >= 11 is 3.72. The average molecular weight is 287 g/mol. The van der Waals surface area contributed by atoms with Crippen LogP contribution in [0.5, 0.6) is 0 Å². The van der Waals surface area contributed by atoms with Crippen LogP contribution in [0.25, 0.3) is 0 Å². The number of halogens is 1. The summed E-state index contributed by atoms with van der Waals surface area (Å²) in [6, 6.07) is 0. The summed E-state index contributed by atoms with van der Waals surface area (Å²) in [5.41, 5.74) is 2.53. The van der Waals surface area contributed by atoms with Crippen LogP contribution < -0.4 is 0 Å². The van der Waals surface area contributed by atoms with Crippen molar-refractivity contribution in [3.05, 3.63) is 23.5 Å². The van der Waals surface area contributed by atoms with Gasteiger partial charge in [-0.3, -0.25) is 0 Å². The second-order valence-electron chi connectivity index (χ2n) is 5.41. The standard InChI is InChI=1S/C14H23BrO/c1-6-10(2)12(15)13(11-8-7-9-11)16-14(3,4)5/h12H,2,6-9H2,1,3-5H3. The second kappa shape index (κ2) is 5.39. The Morgan fingerprint density at radius 2 is 2.00 bits per heavy atom. The van der Waals surface area contributed by atoms with Crippen LogP contribution in [-0.2, 0) is 4.74 Å². The number of rotatable bonds is 4. The molecule has 92 valence electrons. The minimum absolute atomic E-state index is 0.127. The predicted octanol–water partition coefficient (Wildman–Crippen LogP) is 4.97. The van der Waals surface area contributed by atoms with Crippen molar-refractivity contribution in [1.82, 2.24) is 0 Å². The molecule has 1 fully saturated rings. The Labute approximate surface area is 108 Å². The van der Waals surface area contributed by atoms with Gasteiger partial charge >= 0.3 is 0 Å². The molecule has 1 unspecified atom stereocenters. The van der Waals surface area contributed by atoms with E-state index in [0.29, 0.717) is 0 Å². The Morgan fingerprint density at radius 3 is 2.31 bits per heavy atom. The first-order valence-corrected chi connectivity index (χ1v) is 6.99. The highest BCUT2D eigenvalue weighted by atomic mass is 79.9. The molecule has 0 amide bonds. The third-order valence-electron chi connectivity index (χ3n) is 2.76. The summed E-state index contributed by atoms with van der Waals surface area (Å²) < 4.78 is 6.10. The third-order valence-corrected chi connectivity index (χ3v) is 3.83. The molecule has 1 aliphatic rings. The van der Waals surface area contributed by atoms with Crippen LogP contribution in [0.1, 0.15) is 53.4 Å². The highest BCUT2D eigenvalue weighted by Gasteiger charge is 2.26.